The fraction of sp³-hybridized carbons (Fsp3) is 0.462. The molecule has 1 rings (SSSR count). The Kier molecular flexibility index (Phi) is 6.24. The molecule has 0 aliphatic carbocycles. The average molecular weight is 270 g/mol. The van der Waals surface area contributed by atoms with Gasteiger partial charge in [0.25, 0.3) is 5.91 Å². The summed E-state index contributed by atoms with van der Waals surface area (Å²) in [5.74, 6) is -1.13. The SMILES string of the molecule is COCCNCc1ccc(OC(C)C(N)=O)c(F)c1. The molecule has 1 aromatic carbocycles. The number of methoxy groups -OCH3 is 1. The number of rotatable bonds is 8. The summed E-state index contributed by atoms with van der Waals surface area (Å²) in [6, 6.07) is 4.58. The molecule has 1 unspecified atom stereocenters. The first-order valence-electron chi connectivity index (χ1n) is 5.98. The first-order valence-corrected chi connectivity index (χ1v) is 5.98. The first-order chi connectivity index (χ1) is 9.04. The second-order valence-corrected chi connectivity index (χ2v) is 4.10. The lowest BCUT2D eigenvalue weighted by atomic mass is 10.2. The topological polar surface area (TPSA) is 73.6 Å². The number of carbonyl (C=O) groups is 1. The summed E-state index contributed by atoms with van der Waals surface area (Å²) in [5, 5.41) is 3.10. The standard InChI is InChI=1S/C13H19FN2O3/c1-9(13(15)17)19-12-4-3-10(7-11(12)14)8-16-5-6-18-2/h3-4,7,9,16H,5-6,8H2,1-2H3,(H2,15,17). The lowest BCUT2D eigenvalue weighted by Gasteiger charge is -2.12. The Morgan fingerprint density at radius 3 is 2.84 bits per heavy atom. The number of benzene rings is 1. The van der Waals surface area contributed by atoms with E-state index in [9.17, 15) is 9.18 Å². The Hall–Kier alpha value is -1.66. The van der Waals surface area contributed by atoms with E-state index in [2.05, 4.69) is 5.32 Å². The number of halogens is 1. The van der Waals surface area contributed by atoms with Crippen molar-refractivity contribution in [2.45, 2.75) is 19.6 Å². The van der Waals surface area contributed by atoms with Crippen molar-refractivity contribution >= 4 is 5.91 Å². The smallest absolute Gasteiger partial charge is 0.258 e. The van der Waals surface area contributed by atoms with E-state index in [1.54, 1.807) is 13.2 Å². The van der Waals surface area contributed by atoms with Gasteiger partial charge in [-0.3, -0.25) is 4.79 Å². The number of nitrogens with one attached hydrogen (secondary N) is 1. The van der Waals surface area contributed by atoms with E-state index in [1.807, 2.05) is 0 Å². The van der Waals surface area contributed by atoms with E-state index in [4.69, 9.17) is 15.2 Å². The summed E-state index contributed by atoms with van der Waals surface area (Å²) in [6.07, 6.45) is -0.861. The van der Waals surface area contributed by atoms with Crippen molar-refractivity contribution < 1.29 is 18.7 Å². The third-order valence-corrected chi connectivity index (χ3v) is 2.51. The molecule has 0 radical (unpaired) electrons. The number of amides is 1. The minimum atomic E-state index is -0.861. The lowest BCUT2D eigenvalue weighted by molar-refractivity contribution is -0.124. The molecule has 19 heavy (non-hydrogen) atoms. The molecule has 0 aliphatic rings. The van der Waals surface area contributed by atoms with Crippen LogP contribution in [0, 0.1) is 5.82 Å². The van der Waals surface area contributed by atoms with E-state index in [0.29, 0.717) is 19.7 Å². The van der Waals surface area contributed by atoms with Crippen molar-refractivity contribution in [2.75, 3.05) is 20.3 Å². The van der Waals surface area contributed by atoms with Gasteiger partial charge >= 0.3 is 0 Å². The number of carbonyl (C=O) groups excluding carboxylic acids is 1. The van der Waals surface area contributed by atoms with Crippen LogP contribution >= 0.6 is 0 Å². The molecule has 1 aromatic rings. The molecule has 0 spiro atoms. The first kappa shape index (κ1) is 15.4. The maximum absolute atomic E-state index is 13.7. The maximum atomic E-state index is 13.7. The molecule has 0 bridgehead atoms. The molecular weight excluding hydrogens is 251 g/mol. The lowest BCUT2D eigenvalue weighted by Crippen LogP contribution is -2.30. The molecular formula is C13H19FN2O3. The van der Waals surface area contributed by atoms with Gasteiger partial charge in [0.1, 0.15) is 0 Å². The third kappa shape index (κ3) is 5.23. The average Bonchev–Trinajstić information content (AvgIpc) is 2.37. The summed E-state index contributed by atoms with van der Waals surface area (Å²) in [4.78, 5) is 10.8. The van der Waals surface area contributed by atoms with Gasteiger partial charge in [0.15, 0.2) is 17.7 Å². The number of hydrogen-bond acceptors (Lipinski definition) is 4. The van der Waals surface area contributed by atoms with Gasteiger partial charge in [-0.15, -0.1) is 0 Å². The van der Waals surface area contributed by atoms with Crippen LogP contribution in [0.15, 0.2) is 18.2 Å². The van der Waals surface area contributed by atoms with Gasteiger partial charge in [0, 0.05) is 20.2 Å². The normalized spacial score (nSPS) is 12.2. The molecule has 0 fully saturated rings. The van der Waals surface area contributed by atoms with E-state index in [1.165, 1.54) is 19.1 Å². The van der Waals surface area contributed by atoms with Crippen LogP contribution in [0.5, 0.6) is 5.75 Å². The van der Waals surface area contributed by atoms with Crippen molar-refractivity contribution in [3.8, 4) is 5.75 Å². The number of nitrogens with two attached hydrogens (primary N) is 1. The zero-order valence-electron chi connectivity index (χ0n) is 11.1. The van der Waals surface area contributed by atoms with Crippen LogP contribution in [-0.4, -0.2) is 32.3 Å². The second kappa shape index (κ2) is 7.70. The molecule has 3 N–H and O–H groups in total. The van der Waals surface area contributed by atoms with E-state index < -0.39 is 17.8 Å². The molecule has 0 saturated heterocycles. The van der Waals surface area contributed by atoms with Crippen molar-refractivity contribution in [3.05, 3.63) is 29.6 Å². The van der Waals surface area contributed by atoms with Crippen LogP contribution in [-0.2, 0) is 16.1 Å². The van der Waals surface area contributed by atoms with E-state index >= 15 is 0 Å². The van der Waals surface area contributed by atoms with Gasteiger partial charge in [-0.05, 0) is 24.6 Å². The van der Waals surface area contributed by atoms with Crippen LogP contribution in [0.1, 0.15) is 12.5 Å². The van der Waals surface area contributed by atoms with Crippen molar-refractivity contribution in [2.24, 2.45) is 5.73 Å². The molecule has 0 aliphatic heterocycles. The molecule has 106 valence electrons. The summed E-state index contributed by atoms with van der Waals surface area (Å²) in [5.41, 5.74) is 5.83. The Labute approximate surface area is 111 Å². The molecule has 0 heterocycles. The molecule has 1 atom stereocenters. The van der Waals surface area contributed by atoms with Crippen LogP contribution in [0.3, 0.4) is 0 Å². The summed E-state index contributed by atoms with van der Waals surface area (Å²) < 4.78 is 23.7. The highest BCUT2D eigenvalue weighted by molar-refractivity contribution is 5.78. The van der Waals surface area contributed by atoms with E-state index in [-0.39, 0.29) is 5.75 Å². The molecule has 6 heteroatoms. The highest BCUT2D eigenvalue weighted by atomic mass is 19.1. The number of ether oxygens (including phenoxy) is 2. The van der Waals surface area contributed by atoms with Crippen molar-refractivity contribution in [1.29, 1.82) is 0 Å². The summed E-state index contributed by atoms with van der Waals surface area (Å²) >= 11 is 0. The largest absolute Gasteiger partial charge is 0.478 e. The minimum absolute atomic E-state index is 0.0203. The van der Waals surface area contributed by atoms with Crippen LogP contribution < -0.4 is 15.8 Å². The maximum Gasteiger partial charge on any atom is 0.258 e. The van der Waals surface area contributed by atoms with Crippen LogP contribution in [0.4, 0.5) is 4.39 Å². The zero-order chi connectivity index (χ0) is 14.3. The van der Waals surface area contributed by atoms with Gasteiger partial charge in [-0.25, -0.2) is 4.39 Å². The number of primary amides is 1. The second-order valence-electron chi connectivity index (χ2n) is 4.10. The number of hydrogen-bond donors (Lipinski definition) is 2. The molecule has 5 nitrogen and oxygen atoms in total. The summed E-state index contributed by atoms with van der Waals surface area (Å²) in [6.45, 7) is 3.29. The van der Waals surface area contributed by atoms with Gasteiger partial charge in [0.2, 0.25) is 0 Å². The van der Waals surface area contributed by atoms with Crippen molar-refractivity contribution in [3.63, 3.8) is 0 Å². The van der Waals surface area contributed by atoms with E-state index in [0.717, 1.165) is 5.56 Å². The molecule has 1 amide bonds. The highest BCUT2D eigenvalue weighted by Crippen LogP contribution is 2.19. The Bertz CT molecular complexity index is 426. The highest BCUT2D eigenvalue weighted by Gasteiger charge is 2.13. The molecule has 0 aromatic heterocycles. The third-order valence-electron chi connectivity index (χ3n) is 2.51. The monoisotopic (exact) mass is 270 g/mol. The van der Waals surface area contributed by atoms with Crippen LogP contribution in [0.2, 0.25) is 0 Å². The fourth-order valence-corrected chi connectivity index (χ4v) is 1.41. The van der Waals surface area contributed by atoms with Gasteiger partial charge in [0.05, 0.1) is 6.61 Å². The fourth-order valence-electron chi connectivity index (χ4n) is 1.41. The Balaban J connectivity index is 2.56. The summed E-state index contributed by atoms with van der Waals surface area (Å²) in [7, 11) is 1.62. The predicted molar refractivity (Wildman–Crippen MR) is 69.3 cm³/mol. The van der Waals surface area contributed by atoms with Crippen LogP contribution in [0.25, 0.3) is 0 Å². The minimum Gasteiger partial charge on any atom is -0.478 e. The predicted octanol–water partition coefficient (Wildman–Crippen LogP) is 0.814. The quantitative estimate of drug-likeness (QED) is 0.686. The molecule has 0 saturated carbocycles. The zero-order valence-corrected chi connectivity index (χ0v) is 11.1. The van der Waals surface area contributed by atoms with Gasteiger partial charge in [-0.1, -0.05) is 6.07 Å². The Morgan fingerprint density at radius 2 is 2.26 bits per heavy atom. The van der Waals surface area contributed by atoms with Gasteiger partial charge in [-0.2, -0.15) is 0 Å². The Morgan fingerprint density at radius 1 is 1.53 bits per heavy atom. The van der Waals surface area contributed by atoms with Crippen molar-refractivity contribution in [1.82, 2.24) is 5.32 Å². The van der Waals surface area contributed by atoms with Gasteiger partial charge < -0.3 is 20.5 Å².